The maximum Gasteiger partial charge on any atom is 0.243 e. The summed E-state index contributed by atoms with van der Waals surface area (Å²) in [5.41, 5.74) is 2.45. The molecular weight excluding hydrogens is 336 g/mol. The Hall–Kier alpha value is -1.40. The number of hydrogen-bond donors (Lipinski definition) is 0. The van der Waals surface area contributed by atoms with Crippen molar-refractivity contribution in [3.8, 4) is 0 Å². The van der Waals surface area contributed by atoms with Crippen LogP contribution in [0.15, 0.2) is 23.1 Å². The first-order chi connectivity index (χ1) is 12.0. The third-order valence-electron chi connectivity index (χ3n) is 5.59. The van der Waals surface area contributed by atoms with Crippen molar-refractivity contribution in [2.24, 2.45) is 5.92 Å². The average molecular weight is 365 g/mol. The van der Waals surface area contributed by atoms with Gasteiger partial charge in [-0.2, -0.15) is 4.31 Å². The zero-order valence-electron chi connectivity index (χ0n) is 15.2. The molecular formula is C19H28N2O3S. The Morgan fingerprint density at radius 1 is 1.04 bits per heavy atom. The number of carbonyl (C=O) groups excluding carboxylic acids is 1. The van der Waals surface area contributed by atoms with Gasteiger partial charge in [0.25, 0.3) is 0 Å². The molecule has 1 heterocycles. The Bertz CT molecular complexity index is 733. The van der Waals surface area contributed by atoms with Crippen LogP contribution in [0.1, 0.15) is 44.2 Å². The van der Waals surface area contributed by atoms with E-state index in [2.05, 4.69) is 0 Å². The van der Waals surface area contributed by atoms with Crippen LogP contribution in [0.4, 0.5) is 0 Å². The van der Waals surface area contributed by atoms with Crippen LogP contribution in [-0.4, -0.2) is 49.7 Å². The fourth-order valence-electron chi connectivity index (χ4n) is 3.90. The molecule has 0 unspecified atom stereocenters. The van der Waals surface area contributed by atoms with Gasteiger partial charge < -0.3 is 4.90 Å². The maximum absolute atomic E-state index is 12.9. The molecule has 0 bridgehead atoms. The molecule has 1 fully saturated rings. The van der Waals surface area contributed by atoms with E-state index in [1.54, 1.807) is 6.07 Å². The largest absolute Gasteiger partial charge is 0.340 e. The summed E-state index contributed by atoms with van der Waals surface area (Å²) in [5, 5.41) is 0. The number of fused-ring (bicyclic) bond motifs is 1. The van der Waals surface area contributed by atoms with E-state index >= 15 is 0 Å². The highest BCUT2D eigenvalue weighted by molar-refractivity contribution is 7.89. The molecule has 6 heteroatoms. The molecule has 1 saturated heterocycles. The first-order valence-electron chi connectivity index (χ1n) is 9.38. The summed E-state index contributed by atoms with van der Waals surface area (Å²) in [6.45, 7) is 5.79. The lowest BCUT2D eigenvalue weighted by Crippen LogP contribution is -2.51. The number of carbonyl (C=O) groups is 1. The van der Waals surface area contributed by atoms with Gasteiger partial charge in [0.05, 0.1) is 4.90 Å². The van der Waals surface area contributed by atoms with E-state index < -0.39 is 10.0 Å². The number of amides is 1. The van der Waals surface area contributed by atoms with Crippen LogP contribution in [-0.2, 0) is 27.7 Å². The van der Waals surface area contributed by atoms with Gasteiger partial charge in [0.2, 0.25) is 15.9 Å². The van der Waals surface area contributed by atoms with Crippen molar-refractivity contribution in [2.45, 2.75) is 50.8 Å². The summed E-state index contributed by atoms with van der Waals surface area (Å²) in [7, 11) is -3.47. The second-order valence-electron chi connectivity index (χ2n) is 7.03. The third-order valence-corrected chi connectivity index (χ3v) is 7.49. The maximum atomic E-state index is 12.9. The smallest absolute Gasteiger partial charge is 0.243 e. The highest BCUT2D eigenvalue weighted by Crippen LogP contribution is 2.27. The van der Waals surface area contributed by atoms with Gasteiger partial charge in [-0.15, -0.1) is 0 Å². The van der Waals surface area contributed by atoms with Crippen molar-refractivity contribution >= 4 is 15.9 Å². The van der Waals surface area contributed by atoms with E-state index in [9.17, 15) is 13.2 Å². The molecule has 0 radical (unpaired) electrons. The van der Waals surface area contributed by atoms with Crippen LogP contribution >= 0.6 is 0 Å². The molecule has 138 valence electrons. The van der Waals surface area contributed by atoms with Crippen molar-refractivity contribution in [3.63, 3.8) is 0 Å². The lowest BCUT2D eigenvalue weighted by molar-refractivity contribution is -0.136. The van der Waals surface area contributed by atoms with Crippen molar-refractivity contribution in [2.75, 3.05) is 26.2 Å². The number of benzene rings is 1. The topological polar surface area (TPSA) is 57.7 Å². The molecule has 0 N–H and O–H groups in total. The number of rotatable bonds is 5. The fraction of sp³-hybridized carbons (Fsp3) is 0.632. The van der Waals surface area contributed by atoms with Gasteiger partial charge in [-0.05, 0) is 55.4 Å². The van der Waals surface area contributed by atoms with Crippen LogP contribution in [0.2, 0.25) is 0 Å². The lowest BCUT2D eigenvalue weighted by Gasteiger charge is -2.35. The molecule has 1 amide bonds. The van der Waals surface area contributed by atoms with Crippen LogP contribution in [0.3, 0.4) is 0 Å². The molecule has 0 saturated carbocycles. The standard InChI is InChI=1S/C19H28N2O3S/c1-3-15(4-2)19(22)20-10-12-21(13-11-20)25(23,24)18-9-8-16-6-5-7-17(16)14-18/h8-9,14-15H,3-7,10-13H2,1-2H3. The molecule has 3 rings (SSSR count). The van der Waals surface area contributed by atoms with E-state index in [0.717, 1.165) is 32.1 Å². The Kier molecular flexibility index (Phi) is 5.49. The van der Waals surface area contributed by atoms with E-state index in [1.165, 1.54) is 15.4 Å². The summed E-state index contributed by atoms with van der Waals surface area (Å²) in [6.07, 6.45) is 4.80. The summed E-state index contributed by atoms with van der Waals surface area (Å²) >= 11 is 0. The zero-order chi connectivity index (χ0) is 18.0. The second kappa shape index (κ2) is 7.46. The predicted octanol–water partition coefficient (Wildman–Crippen LogP) is 2.44. The number of nitrogens with zero attached hydrogens (tertiary/aromatic N) is 2. The first-order valence-corrected chi connectivity index (χ1v) is 10.8. The van der Waals surface area contributed by atoms with E-state index in [4.69, 9.17) is 0 Å². The molecule has 1 aromatic carbocycles. The minimum atomic E-state index is -3.47. The summed E-state index contributed by atoms with van der Waals surface area (Å²) in [6, 6.07) is 5.54. The highest BCUT2D eigenvalue weighted by Gasteiger charge is 2.32. The van der Waals surface area contributed by atoms with E-state index in [0.29, 0.717) is 31.1 Å². The SMILES string of the molecule is CCC(CC)C(=O)N1CCN(S(=O)(=O)c2ccc3c(c2)CCC3)CC1. The molecule has 25 heavy (non-hydrogen) atoms. The van der Waals surface area contributed by atoms with Crippen molar-refractivity contribution in [3.05, 3.63) is 29.3 Å². The quantitative estimate of drug-likeness (QED) is 0.806. The summed E-state index contributed by atoms with van der Waals surface area (Å²) in [5.74, 6) is 0.222. The van der Waals surface area contributed by atoms with Crippen LogP contribution in [0.5, 0.6) is 0 Å². The van der Waals surface area contributed by atoms with Gasteiger partial charge in [0.15, 0.2) is 0 Å². The summed E-state index contributed by atoms with van der Waals surface area (Å²) < 4.78 is 27.4. The number of aryl methyl sites for hydroxylation is 2. The minimum absolute atomic E-state index is 0.0554. The van der Waals surface area contributed by atoms with Crippen LogP contribution in [0, 0.1) is 5.92 Å². The normalized spacial score (nSPS) is 18.6. The van der Waals surface area contributed by atoms with Crippen LogP contribution < -0.4 is 0 Å². The monoisotopic (exact) mass is 364 g/mol. The molecule has 0 atom stereocenters. The molecule has 0 spiro atoms. The molecule has 0 aromatic heterocycles. The minimum Gasteiger partial charge on any atom is -0.340 e. The molecule has 5 nitrogen and oxygen atoms in total. The highest BCUT2D eigenvalue weighted by atomic mass is 32.2. The van der Waals surface area contributed by atoms with Crippen LogP contribution in [0.25, 0.3) is 0 Å². The van der Waals surface area contributed by atoms with Gasteiger partial charge in [-0.1, -0.05) is 19.9 Å². The molecule has 1 aromatic rings. The fourth-order valence-corrected chi connectivity index (χ4v) is 5.38. The molecule has 1 aliphatic heterocycles. The van der Waals surface area contributed by atoms with Crippen molar-refractivity contribution in [1.29, 1.82) is 0 Å². The molecule has 2 aliphatic rings. The Balaban J connectivity index is 1.68. The van der Waals surface area contributed by atoms with E-state index in [-0.39, 0.29) is 11.8 Å². The Labute approximate surface area is 151 Å². The predicted molar refractivity (Wildman–Crippen MR) is 97.9 cm³/mol. The average Bonchev–Trinajstić information content (AvgIpc) is 3.10. The third kappa shape index (κ3) is 3.60. The van der Waals surface area contributed by atoms with Gasteiger partial charge in [-0.3, -0.25) is 4.79 Å². The molecule has 1 aliphatic carbocycles. The lowest BCUT2D eigenvalue weighted by atomic mass is 10.0. The van der Waals surface area contributed by atoms with Gasteiger partial charge in [-0.25, -0.2) is 8.42 Å². The van der Waals surface area contributed by atoms with Crippen molar-refractivity contribution in [1.82, 2.24) is 9.21 Å². The number of piperazine rings is 1. The van der Waals surface area contributed by atoms with Gasteiger partial charge in [0, 0.05) is 32.1 Å². The van der Waals surface area contributed by atoms with E-state index in [1.807, 2.05) is 30.9 Å². The first kappa shape index (κ1) is 18.4. The van der Waals surface area contributed by atoms with Gasteiger partial charge in [0.1, 0.15) is 0 Å². The summed E-state index contributed by atoms with van der Waals surface area (Å²) in [4.78, 5) is 14.7. The number of hydrogen-bond acceptors (Lipinski definition) is 3. The Morgan fingerprint density at radius 3 is 2.32 bits per heavy atom. The zero-order valence-corrected chi connectivity index (χ0v) is 16.0. The van der Waals surface area contributed by atoms with Crippen molar-refractivity contribution < 1.29 is 13.2 Å². The van der Waals surface area contributed by atoms with Gasteiger partial charge >= 0.3 is 0 Å². The Morgan fingerprint density at radius 2 is 1.68 bits per heavy atom. The number of sulfonamides is 1. The second-order valence-corrected chi connectivity index (χ2v) is 8.96.